The molecule has 0 spiro atoms. The Bertz CT molecular complexity index is 594. The maximum atomic E-state index is 12.8. The van der Waals surface area contributed by atoms with Gasteiger partial charge in [-0.3, -0.25) is 4.79 Å². The number of amides is 1. The second-order valence-electron chi connectivity index (χ2n) is 6.59. The third-order valence-corrected chi connectivity index (χ3v) is 4.84. The van der Waals surface area contributed by atoms with Gasteiger partial charge < -0.3 is 10.6 Å². The van der Waals surface area contributed by atoms with Gasteiger partial charge >= 0.3 is 0 Å². The van der Waals surface area contributed by atoms with Gasteiger partial charge in [0.1, 0.15) is 0 Å². The van der Waals surface area contributed by atoms with Crippen molar-refractivity contribution in [3.63, 3.8) is 0 Å². The summed E-state index contributed by atoms with van der Waals surface area (Å²) in [6.07, 6.45) is 2.91. The van der Waals surface area contributed by atoms with Gasteiger partial charge in [-0.05, 0) is 50.0 Å². The zero-order valence-electron chi connectivity index (χ0n) is 15.4. The SMILES string of the molecule is CCCN(CCC)CCC(C(N)=O)(c1ccccc1)c1ccccc1. The summed E-state index contributed by atoms with van der Waals surface area (Å²) in [6.45, 7) is 7.34. The summed E-state index contributed by atoms with van der Waals surface area (Å²) in [5.74, 6) is -0.280. The van der Waals surface area contributed by atoms with E-state index in [4.69, 9.17) is 5.73 Å². The molecule has 0 atom stereocenters. The van der Waals surface area contributed by atoms with Crippen molar-refractivity contribution in [2.75, 3.05) is 19.6 Å². The average molecular weight is 338 g/mol. The number of rotatable bonds is 10. The molecule has 2 N–H and O–H groups in total. The molecule has 0 aromatic heterocycles. The van der Waals surface area contributed by atoms with Crippen molar-refractivity contribution in [3.05, 3.63) is 71.8 Å². The summed E-state index contributed by atoms with van der Waals surface area (Å²) in [7, 11) is 0. The van der Waals surface area contributed by atoms with Crippen molar-refractivity contribution in [2.24, 2.45) is 5.73 Å². The molecule has 0 saturated heterocycles. The van der Waals surface area contributed by atoms with Gasteiger partial charge in [0.05, 0.1) is 5.41 Å². The normalized spacial score (nSPS) is 11.6. The third kappa shape index (κ3) is 4.49. The van der Waals surface area contributed by atoms with Crippen molar-refractivity contribution in [2.45, 2.75) is 38.5 Å². The minimum absolute atomic E-state index is 0.280. The van der Waals surface area contributed by atoms with Crippen LogP contribution >= 0.6 is 0 Å². The molecule has 2 aromatic carbocycles. The lowest BCUT2D eigenvalue weighted by Gasteiger charge is -2.34. The van der Waals surface area contributed by atoms with Crippen molar-refractivity contribution < 1.29 is 4.79 Å². The van der Waals surface area contributed by atoms with Crippen LogP contribution in [0.25, 0.3) is 0 Å². The van der Waals surface area contributed by atoms with Crippen LogP contribution in [-0.2, 0) is 10.2 Å². The molecule has 134 valence electrons. The second kappa shape index (κ2) is 9.38. The highest BCUT2D eigenvalue weighted by Crippen LogP contribution is 2.36. The summed E-state index contributed by atoms with van der Waals surface area (Å²) < 4.78 is 0. The Morgan fingerprint density at radius 2 is 1.28 bits per heavy atom. The molecule has 3 nitrogen and oxygen atoms in total. The highest BCUT2D eigenvalue weighted by Gasteiger charge is 2.40. The molecule has 0 unspecified atom stereocenters. The van der Waals surface area contributed by atoms with Gasteiger partial charge in [-0.2, -0.15) is 0 Å². The smallest absolute Gasteiger partial charge is 0.232 e. The monoisotopic (exact) mass is 338 g/mol. The lowest BCUT2D eigenvalue weighted by Crippen LogP contribution is -2.45. The minimum atomic E-state index is -0.789. The molecule has 0 aliphatic heterocycles. The summed E-state index contributed by atoms with van der Waals surface area (Å²) in [5, 5.41) is 0. The van der Waals surface area contributed by atoms with Crippen LogP contribution in [0.3, 0.4) is 0 Å². The van der Waals surface area contributed by atoms with Crippen LogP contribution in [0.4, 0.5) is 0 Å². The molecule has 2 aromatic rings. The fourth-order valence-corrected chi connectivity index (χ4v) is 3.60. The van der Waals surface area contributed by atoms with E-state index in [0.717, 1.165) is 43.6 Å². The number of hydrogen-bond acceptors (Lipinski definition) is 2. The number of nitrogens with zero attached hydrogens (tertiary/aromatic N) is 1. The molecule has 0 heterocycles. The summed E-state index contributed by atoms with van der Waals surface area (Å²) in [4.78, 5) is 15.2. The third-order valence-electron chi connectivity index (χ3n) is 4.84. The Hall–Kier alpha value is -2.13. The van der Waals surface area contributed by atoms with E-state index >= 15 is 0 Å². The van der Waals surface area contributed by atoms with Gasteiger partial charge in [0, 0.05) is 0 Å². The zero-order chi connectivity index (χ0) is 18.1. The van der Waals surface area contributed by atoms with E-state index < -0.39 is 5.41 Å². The molecule has 0 saturated carbocycles. The molecular weight excluding hydrogens is 308 g/mol. The zero-order valence-corrected chi connectivity index (χ0v) is 15.4. The van der Waals surface area contributed by atoms with E-state index in [0.29, 0.717) is 6.42 Å². The molecule has 0 bridgehead atoms. The van der Waals surface area contributed by atoms with Crippen LogP contribution in [0.1, 0.15) is 44.2 Å². The number of primary amides is 1. The molecule has 1 amide bonds. The largest absolute Gasteiger partial charge is 0.369 e. The van der Waals surface area contributed by atoms with Gasteiger partial charge in [-0.15, -0.1) is 0 Å². The van der Waals surface area contributed by atoms with Gasteiger partial charge in [-0.1, -0.05) is 74.5 Å². The van der Waals surface area contributed by atoms with Gasteiger partial charge in [0.2, 0.25) is 5.91 Å². The quantitative estimate of drug-likeness (QED) is 0.712. The van der Waals surface area contributed by atoms with Crippen LogP contribution in [0, 0.1) is 0 Å². The predicted octanol–water partition coefficient (Wildman–Crippen LogP) is 3.97. The fraction of sp³-hybridized carbons (Fsp3) is 0.409. The highest BCUT2D eigenvalue weighted by atomic mass is 16.1. The van der Waals surface area contributed by atoms with Crippen molar-refractivity contribution in [3.8, 4) is 0 Å². The minimum Gasteiger partial charge on any atom is -0.369 e. The van der Waals surface area contributed by atoms with E-state index in [1.54, 1.807) is 0 Å². The lowest BCUT2D eigenvalue weighted by atomic mass is 9.71. The van der Waals surface area contributed by atoms with Crippen LogP contribution in [-0.4, -0.2) is 30.4 Å². The van der Waals surface area contributed by atoms with Crippen LogP contribution in [0.15, 0.2) is 60.7 Å². The van der Waals surface area contributed by atoms with E-state index in [9.17, 15) is 4.79 Å². The number of carbonyl (C=O) groups excluding carboxylic acids is 1. The Labute approximate surface area is 151 Å². The van der Waals surface area contributed by atoms with Crippen LogP contribution < -0.4 is 5.73 Å². The fourth-order valence-electron chi connectivity index (χ4n) is 3.60. The first-order chi connectivity index (χ1) is 12.1. The molecular formula is C22H30N2O. The first-order valence-corrected chi connectivity index (χ1v) is 9.28. The van der Waals surface area contributed by atoms with Crippen molar-refractivity contribution >= 4 is 5.91 Å². The molecule has 3 heteroatoms. The van der Waals surface area contributed by atoms with Crippen molar-refractivity contribution in [1.82, 2.24) is 4.90 Å². The maximum Gasteiger partial charge on any atom is 0.232 e. The molecule has 25 heavy (non-hydrogen) atoms. The van der Waals surface area contributed by atoms with E-state index in [1.807, 2.05) is 60.7 Å². The molecule has 0 aliphatic rings. The van der Waals surface area contributed by atoms with Gasteiger partial charge in [-0.25, -0.2) is 0 Å². The Morgan fingerprint density at radius 3 is 1.64 bits per heavy atom. The first-order valence-electron chi connectivity index (χ1n) is 9.28. The number of hydrogen-bond donors (Lipinski definition) is 1. The molecule has 0 fully saturated rings. The average Bonchev–Trinajstić information content (AvgIpc) is 2.64. The van der Waals surface area contributed by atoms with Gasteiger partial charge in [0.15, 0.2) is 0 Å². The van der Waals surface area contributed by atoms with Gasteiger partial charge in [0.25, 0.3) is 0 Å². The molecule has 0 aliphatic carbocycles. The van der Waals surface area contributed by atoms with E-state index in [-0.39, 0.29) is 5.91 Å². The molecule has 2 rings (SSSR count). The topological polar surface area (TPSA) is 46.3 Å². The Balaban J connectivity index is 2.43. The summed E-state index contributed by atoms with van der Waals surface area (Å²) in [5.41, 5.74) is 7.17. The predicted molar refractivity (Wildman–Crippen MR) is 104 cm³/mol. The number of carbonyl (C=O) groups is 1. The molecule has 0 radical (unpaired) electrons. The second-order valence-corrected chi connectivity index (χ2v) is 6.59. The van der Waals surface area contributed by atoms with Crippen LogP contribution in [0.2, 0.25) is 0 Å². The highest BCUT2D eigenvalue weighted by molar-refractivity contribution is 5.90. The first kappa shape index (κ1) is 19.2. The number of nitrogens with two attached hydrogens (primary N) is 1. The van der Waals surface area contributed by atoms with Crippen molar-refractivity contribution in [1.29, 1.82) is 0 Å². The standard InChI is InChI=1S/C22H30N2O/c1-3-16-24(17-4-2)18-15-22(21(23)25,19-11-7-5-8-12-19)20-13-9-6-10-14-20/h5-14H,3-4,15-18H2,1-2H3,(H2,23,25). The number of benzene rings is 2. The maximum absolute atomic E-state index is 12.8. The lowest BCUT2D eigenvalue weighted by molar-refractivity contribution is -0.122. The Morgan fingerprint density at radius 1 is 0.840 bits per heavy atom. The van der Waals surface area contributed by atoms with Crippen LogP contribution in [0.5, 0.6) is 0 Å². The summed E-state index contributed by atoms with van der Waals surface area (Å²) in [6, 6.07) is 19.9. The van der Waals surface area contributed by atoms with E-state index in [1.165, 1.54) is 0 Å². The summed E-state index contributed by atoms with van der Waals surface area (Å²) >= 11 is 0. The Kier molecular flexibility index (Phi) is 7.20. The van der Waals surface area contributed by atoms with E-state index in [2.05, 4.69) is 18.7 Å².